The third-order valence-electron chi connectivity index (χ3n) is 1.16. The summed E-state index contributed by atoms with van der Waals surface area (Å²) in [5, 5.41) is 0. The second-order valence-electron chi connectivity index (χ2n) is 1.91. The van der Waals surface area contributed by atoms with Crippen molar-refractivity contribution in [1.82, 2.24) is 0 Å². The Bertz CT molecular complexity index is 53.1. The predicted molar refractivity (Wildman–Crippen MR) is 57.0 cm³/mol. The molecule has 70 valence electrons. The van der Waals surface area contributed by atoms with Crippen molar-refractivity contribution in [2.45, 2.75) is 54.9 Å². The highest BCUT2D eigenvalue weighted by Gasteiger charge is 1.85. The molecule has 0 saturated heterocycles. The molecule has 0 aromatic carbocycles. The number of allylic oxidation sites excluding steroid dienone is 2. The van der Waals surface area contributed by atoms with Crippen LogP contribution < -0.4 is 0 Å². The molecule has 0 spiro atoms. The van der Waals surface area contributed by atoms with Gasteiger partial charge >= 0.3 is 0 Å². The van der Waals surface area contributed by atoms with Crippen molar-refractivity contribution >= 4 is 0 Å². The summed E-state index contributed by atoms with van der Waals surface area (Å²) in [5.41, 5.74) is 0. The van der Waals surface area contributed by atoms with Crippen LogP contribution in [0, 0.1) is 5.92 Å². The topological polar surface area (TPSA) is 0 Å². The molecule has 1 atom stereocenters. The van der Waals surface area contributed by atoms with Crippen molar-refractivity contribution in [2.75, 3.05) is 0 Å². The molecule has 0 heteroatoms. The molecule has 0 radical (unpaired) electrons. The Kier molecular flexibility index (Phi) is 34.9. The molecular weight excluding hydrogens is 132 g/mol. The second-order valence-corrected chi connectivity index (χ2v) is 1.91. The van der Waals surface area contributed by atoms with Crippen molar-refractivity contribution in [3.8, 4) is 0 Å². The number of hydrogen-bond donors (Lipinski definition) is 0. The third-order valence-corrected chi connectivity index (χ3v) is 1.16. The summed E-state index contributed by atoms with van der Waals surface area (Å²) in [6.45, 7) is 14.5. The largest absolute Gasteiger partial charge is 0.0914 e. The van der Waals surface area contributed by atoms with E-state index in [1.54, 1.807) is 0 Å². The molecule has 11 heavy (non-hydrogen) atoms. The Morgan fingerprint density at radius 2 is 1.45 bits per heavy atom. The van der Waals surface area contributed by atoms with E-state index in [1.807, 2.05) is 27.7 Å². The molecular formula is C11H26. The van der Waals surface area contributed by atoms with Crippen LogP contribution in [0.1, 0.15) is 54.9 Å². The van der Waals surface area contributed by atoms with Gasteiger partial charge in [-0.1, -0.05) is 60.1 Å². The zero-order valence-electron chi connectivity index (χ0n) is 9.44. The van der Waals surface area contributed by atoms with Gasteiger partial charge in [0, 0.05) is 0 Å². The van der Waals surface area contributed by atoms with Gasteiger partial charge in [0.25, 0.3) is 0 Å². The maximum atomic E-state index is 2.22. The van der Waals surface area contributed by atoms with E-state index in [-0.39, 0.29) is 0 Å². The van der Waals surface area contributed by atoms with Crippen LogP contribution in [0.3, 0.4) is 0 Å². The highest BCUT2D eigenvalue weighted by molar-refractivity contribution is 4.81. The molecule has 0 aromatic rings. The Morgan fingerprint density at radius 1 is 1.09 bits per heavy atom. The first kappa shape index (κ1) is 17.0. The van der Waals surface area contributed by atoms with Gasteiger partial charge in [-0.15, -0.1) is 0 Å². The SMILES string of the molecule is C/C=C\C(C)CC.CC.CC. The molecule has 0 bridgehead atoms. The Labute approximate surface area is 73.7 Å². The van der Waals surface area contributed by atoms with Crippen molar-refractivity contribution < 1.29 is 0 Å². The summed E-state index contributed by atoms with van der Waals surface area (Å²) < 4.78 is 0. The van der Waals surface area contributed by atoms with Crippen LogP contribution in [-0.4, -0.2) is 0 Å². The summed E-state index contributed by atoms with van der Waals surface area (Å²) >= 11 is 0. The van der Waals surface area contributed by atoms with Gasteiger partial charge in [0.05, 0.1) is 0 Å². The van der Waals surface area contributed by atoms with Crippen LogP contribution in [0.5, 0.6) is 0 Å². The Morgan fingerprint density at radius 3 is 1.55 bits per heavy atom. The molecule has 0 aliphatic rings. The molecule has 0 aliphatic heterocycles. The lowest BCUT2D eigenvalue weighted by Gasteiger charge is -1.95. The fourth-order valence-electron chi connectivity index (χ4n) is 0.465. The molecule has 0 saturated carbocycles. The molecule has 0 aromatic heterocycles. The van der Waals surface area contributed by atoms with E-state index in [0.29, 0.717) is 0 Å². The van der Waals surface area contributed by atoms with Crippen LogP contribution in [0.15, 0.2) is 12.2 Å². The molecule has 0 amide bonds. The van der Waals surface area contributed by atoms with Gasteiger partial charge in [-0.05, 0) is 12.8 Å². The van der Waals surface area contributed by atoms with Crippen molar-refractivity contribution in [1.29, 1.82) is 0 Å². The first-order valence-electron chi connectivity index (χ1n) is 4.94. The van der Waals surface area contributed by atoms with Crippen LogP contribution in [0.4, 0.5) is 0 Å². The standard InChI is InChI=1S/C7H14.2C2H6/c1-4-6-7(3)5-2;2*1-2/h4,6-7H,5H2,1-3H3;2*1-2H3/b6-4-;;. The minimum Gasteiger partial charge on any atom is -0.0914 e. The molecule has 0 aliphatic carbocycles. The van der Waals surface area contributed by atoms with Crippen LogP contribution >= 0.6 is 0 Å². The molecule has 0 N–H and O–H groups in total. The van der Waals surface area contributed by atoms with Gasteiger partial charge in [0.2, 0.25) is 0 Å². The second kappa shape index (κ2) is 22.6. The maximum Gasteiger partial charge on any atom is -0.0265 e. The Balaban J connectivity index is -0.000000138. The molecule has 0 rings (SSSR count). The summed E-state index contributed by atoms with van der Waals surface area (Å²) in [7, 11) is 0. The fraction of sp³-hybridized carbons (Fsp3) is 0.818. The summed E-state index contributed by atoms with van der Waals surface area (Å²) in [5.74, 6) is 0.769. The predicted octanol–water partition coefficient (Wildman–Crippen LogP) is 4.66. The van der Waals surface area contributed by atoms with Crippen LogP contribution in [-0.2, 0) is 0 Å². The van der Waals surface area contributed by atoms with E-state index in [0.717, 1.165) is 5.92 Å². The van der Waals surface area contributed by atoms with Gasteiger partial charge in [-0.3, -0.25) is 0 Å². The van der Waals surface area contributed by atoms with Crippen molar-refractivity contribution in [2.24, 2.45) is 5.92 Å². The minimum absolute atomic E-state index is 0.769. The van der Waals surface area contributed by atoms with E-state index in [2.05, 4.69) is 32.9 Å². The van der Waals surface area contributed by atoms with Gasteiger partial charge in [-0.25, -0.2) is 0 Å². The van der Waals surface area contributed by atoms with Crippen LogP contribution in [0.25, 0.3) is 0 Å². The molecule has 0 heterocycles. The molecule has 0 fully saturated rings. The zero-order valence-corrected chi connectivity index (χ0v) is 9.44. The Hall–Kier alpha value is -0.260. The summed E-state index contributed by atoms with van der Waals surface area (Å²) in [6, 6.07) is 0. The van der Waals surface area contributed by atoms with E-state index in [1.165, 1.54) is 6.42 Å². The molecule has 1 unspecified atom stereocenters. The normalized spacial score (nSPS) is 10.8. The smallest absolute Gasteiger partial charge is 0.0265 e. The van der Waals surface area contributed by atoms with Gasteiger partial charge in [0.15, 0.2) is 0 Å². The highest BCUT2D eigenvalue weighted by Crippen LogP contribution is 2.00. The van der Waals surface area contributed by atoms with Gasteiger partial charge in [-0.2, -0.15) is 0 Å². The molecule has 0 nitrogen and oxygen atoms in total. The lowest BCUT2D eigenvalue weighted by Crippen LogP contribution is -1.81. The first-order chi connectivity index (χ1) is 5.31. The lowest BCUT2D eigenvalue weighted by atomic mass is 10.1. The summed E-state index contributed by atoms with van der Waals surface area (Å²) in [6.07, 6.45) is 5.58. The van der Waals surface area contributed by atoms with Gasteiger partial charge < -0.3 is 0 Å². The van der Waals surface area contributed by atoms with E-state index in [4.69, 9.17) is 0 Å². The first-order valence-corrected chi connectivity index (χ1v) is 4.94. The quantitative estimate of drug-likeness (QED) is 0.513. The lowest BCUT2D eigenvalue weighted by molar-refractivity contribution is 0.697. The third kappa shape index (κ3) is 26.0. The minimum atomic E-state index is 0.769. The average Bonchev–Trinajstić information content (AvgIpc) is 2.12. The van der Waals surface area contributed by atoms with E-state index < -0.39 is 0 Å². The monoisotopic (exact) mass is 158 g/mol. The van der Waals surface area contributed by atoms with Crippen molar-refractivity contribution in [3.63, 3.8) is 0 Å². The van der Waals surface area contributed by atoms with Crippen LogP contribution in [0.2, 0.25) is 0 Å². The highest BCUT2D eigenvalue weighted by atomic mass is 13.9. The zero-order chi connectivity index (χ0) is 9.70. The number of hydrogen-bond acceptors (Lipinski definition) is 0. The van der Waals surface area contributed by atoms with Crippen molar-refractivity contribution in [3.05, 3.63) is 12.2 Å². The van der Waals surface area contributed by atoms with Gasteiger partial charge in [0.1, 0.15) is 0 Å². The fourth-order valence-corrected chi connectivity index (χ4v) is 0.465. The number of rotatable bonds is 2. The average molecular weight is 158 g/mol. The van der Waals surface area contributed by atoms with E-state index in [9.17, 15) is 0 Å². The maximum absolute atomic E-state index is 2.22. The summed E-state index contributed by atoms with van der Waals surface area (Å²) in [4.78, 5) is 0. The van der Waals surface area contributed by atoms with E-state index >= 15 is 0 Å².